The van der Waals surface area contributed by atoms with E-state index in [4.69, 9.17) is 11.6 Å². The molecule has 0 radical (unpaired) electrons. The lowest BCUT2D eigenvalue weighted by Crippen LogP contribution is -2.03. The molecule has 6 nitrogen and oxygen atoms in total. The third-order valence-electron chi connectivity index (χ3n) is 2.14. The zero-order valence-electron chi connectivity index (χ0n) is 9.38. The Bertz CT molecular complexity index is 587. The Morgan fingerprint density at radius 3 is 2.94 bits per heavy atom. The van der Waals surface area contributed by atoms with Gasteiger partial charge in [-0.3, -0.25) is 10.1 Å². The smallest absolute Gasteiger partial charge is 0.311 e. The van der Waals surface area contributed by atoms with E-state index in [1.807, 2.05) is 6.92 Å². The molecule has 94 valence electrons. The molecule has 0 aliphatic rings. The van der Waals surface area contributed by atoms with E-state index in [-0.39, 0.29) is 16.7 Å². The van der Waals surface area contributed by atoms with E-state index in [2.05, 4.69) is 15.3 Å². The van der Waals surface area contributed by atoms with Crippen LogP contribution in [0.3, 0.4) is 0 Å². The van der Waals surface area contributed by atoms with Gasteiger partial charge in [0.2, 0.25) is 5.82 Å². The summed E-state index contributed by atoms with van der Waals surface area (Å²) < 4.78 is 0. The first kappa shape index (κ1) is 12.7. The Balaban J connectivity index is 2.17. The van der Waals surface area contributed by atoms with Gasteiger partial charge in [-0.05, 0) is 13.0 Å². The summed E-state index contributed by atoms with van der Waals surface area (Å²) in [5, 5.41) is 14.9. The highest BCUT2D eigenvalue weighted by atomic mass is 35.5. The van der Waals surface area contributed by atoms with Crippen molar-refractivity contribution < 1.29 is 4.92 Å². The van der Waals surface area contributed by atoms with Crippen molar-refractivity contribution in [3.05, 3.63) is 43.5 Å². The highest BCUT2D eigenvalue weighted by molar-refractivity contribution is 7.11. The highest BCUT2D eigenvalue weighted by Crippen LogP contribution is 2.25. The molecule has 0 amide bonds. The van der Waals surface area contributed by atoms with Gasteiger partial charge in [-0.15, -0.1) is 11.3 Å². The average Bonchev–Trinajstić information content (AvgIpc) is 2.72. The number of nitrogens with zero attached hydrogens (tertiary/aromatic N) is 3. The summed E-state index contributed by atoms with van der Waals surface area (Å²) in [4.78, 5) is 19.3. The lowest BCUT2D eigenvalue weighted by molar-refractivity contribution is -0.384. The van der Waals surface area contributed by atoms with E-state index in [0.717, 1.165) is 9.88 Å². The molecule has 0 unspecified atom stereocenters. The predicted molar refractivity (Wildman–Crippen MR) is 70.1 cm³/mol. The van der Waals surface area contributed by atoms with E-state index >= 15 is 0 Å². The van der Waals surface area contributed by atoms with Gasteiger partial charge in [0.25, 0.3) is 0 Å². The van der Waals surface area contributed by atoms with Crippen molar-refractivity contribution in [2.45, 2.75) is 13.5 Å². The normalized spacial score (nSPS) is 10.3. The third kappa shape index (κ3) is 2.93. The standard InChI is InChI=1S/C10H9ClN4O2S/c1-6-12-4-7(18-6)5-13-10-8(15(16)17)2-3-9(11)14-10/h2-4H,5H2,1H3,(H,13,14). The molecule has 0 aromatic carbocycles. The summed E-state index contributed by atoms with van der Waals surface area (Å²) in [6, 6.07) is 2.72. The molecular weight excluding hydrogens is 276 g/mol. The van der Waals surface area contributed by atoms with Gasteiger partial charge in [-0.25, -0.2) is 9.97 Å². The summed E-state index contributed by atoms with van der Waals surface area (Å²) >= 11 is 7.25. The number of rotatable bonds is 4. The number of hydrogen-bond donors (Lipinski definition) is 1. The maximum Gasteiger partial charge on any atom is 0.311 e. The molecule has 0 bridgehead atoms. The van der Waals surface area contributed by atoms with E-state index in [1.165, 1.54) is 23.5 Å². The monoisotopic (exact) mass is 284 g/mol. The van der Waals surface area contributed by atoms with Gasteiger partial charge in [-0.1, -0.05) is 11.6 Å². The number of aryl methyl sites for hydroxylation is 1. The van der Waals surface area contributed by atoms with Crippen molar-refractivity contribution in [1.82, 2.24) is 9.97 Å². The molecule has 18 heavy (non-hydrogen) atoms. The number of halogens is 1. The third-order valence-corrected chi connectivity index (χ3v) is 3.26. The molecule has 0 fully saturated rings. The van der Waals surface area contributed by atoms with Crippen molar-refractivity contribution in [3.63, 3.8) is 0 Å². The molecule has 0 aliphatic heterocycles. The molecular formula is C10H9ClN4O2S. The van der Waals surface area contributed by atoms with Gasteiger partial charge < -0.3 is 5.32 Å². The fraction of sp³-hybridized carbons (Fsp3) is 0.200. The number of thiazole rings is 1. The van der Waals surface area contributed by atoms with Gasteiger partial charge in [-0.2, -0.15) is 0 Å². The zero-order valence-corrected chi connectivity index (χ0v) is 11.0. The Kier molecular flexibility index (Phi) is 3.73. The van der Waals surface area contributed by atoms with Crippen molar-refractivity contribution >= 4 is 34.4 Å². The van der Waals surface area contributed by atoms with Gasteiger partial charge in [0.15, 0.2) is 0 Å². The minimum atomic E-state index is -0.496. The van der Waals surface area contributed by atoms with Crippen LogP contribution in [0.25, 0.3) is 0 Å². The molecule has 1 N–H and O–H groups in total. The first-order chi connectivity index (χ1) is 8.56. The zero-order chi connectivity index (χ0) is 13.1. The quantitative estimate of drug-likeness (QED) is 0.530. The summed E-state index contributed by atoms with van der Waals surface area (Å²) in [5.74, 6) is 0.165. The fourth-order valence-electron chi connectivity index (χ4n) is 1.36. The second-order valence-electron chi connectivity index (χ2n) is 3.46. The van der Waals surface area contributed by atoms with E-state index in [0.29, 0.717) is 6.54 Å². The lowest BCUT2D eigenvalue weighted by Gasteiger charge is -2.04. The number of nitro groups is 1. The van der Waals surface area contributed by atoms with E-state index in [1.54, 1.807) is 6.20 Å². The Labute approximate surface area is 112 Å². The summed E-state index contributed by atoms with van der Waals surface area (Å²) in [5.41, 5.74) is -0.0966. The molecule has 8 heteroatoms. The molecule has 2 aromatic heterocycles. The molecule has 2 heterocycles. The SMILES string of the molecule is Cc1ncc(CNc2nc(Cl)ccc2[N+](=O)[O-])s1. The van der Waals surface area contributed by atoms with Gasteiger partial charge in [0.1, 0.15) is 5.15 Å². The van der Waals surface area contributed by atoms with Gasteiger partial charge in [0, 0.05) is 17.1 Å². The minimum absolute atomic E-state index is 0.0966. The van der Waals surface area contributed by atoms with E-state index < -0.39 is 4.92 Å². The van der Waals surface area contributed by atoms with Crippen molar-refractivity contribution in [2.24, 2.45) is 0 Å². The van der Waals surface area contributed by atoms with Crippen LogP contribution in [0.15, 0.2) is 18.3 Å². The minimum Gasteiger partial charge on any atom is -0.359 e. The van der Waals surface area contributed by atoms with Crippen LogP contribution in [-0.4, -0.2) is 14.9 Å². The summed E-state index contributed by atoms with van der Waals surface area (Å²) in [7, 11) is 0. The Morgan fingerprint density at radius 1 is 1.56 bits per heavy atom. The summed E-state index contributed by atoms with van der Waals surface area (Å²) in [6.45, 7) is 2.33. The largest absolute Gasteiger partial charge is 0.359 e. The second kappa shape index (κ2) is 5.28. The van der Waals surface area contributed by atoms with Gasteiger partial charge >= 0.3 is 5.69 Å². The maximum atomic E-state index is 10.8. The lowest BCUT2D eigenvalue weighted by atomic mass is 10.4. The van der Waals surface area contributed by atoms with Crippen LogP contribution in [0.1, 0.15) is 9.88 Å². The molecule has 0 saturated carbocycles. The highest BCUT2D eigenvalue weighted by Gasteiger charge is 2.15. The molecule has 0 atom stereocenters. The molecule has 0 aliphatic carbocycles. The Morgan fingerprint density at radius 2 is 2.33 bits per heavy atom. The van der Waals surface area contributed by atoms with Crippen LogP contribution in [0.2, 0.25) is 5.15 Å². The molecule has 0 saturated heterocycles. The second-order valence-corrected chi connectivity index (χ2v) is 5.16. The van der Waals surface area contributed by atoms with E-state index in [9.17, 15) is 10.1 Å². The molecule has 2 aromatic rings. The number of hydrogen-bond acceptors (Lipinski definition) is 6. The van der Waals surface area contributed by atoms with Crippen LogP contribution in [0.5, 0.6) is 0 Å². The van der Waals surface area contributed by atoms with Crippen LogP contribution in [0, 0.1) is 17.0 Å². The van der Waals surface area contributed by atoms with Crippen LogP contribution >= 0.6 is 22.9 Å². The first-order valence-electron chi connectivity index (χ1n) is 5.02. The first-order valence-corrected chi connectivity index (χ1v) is 6.22. The average molecular weight is 285 g/mol. The maximum absolute atomic E-state index is 10.8. The Hall–Kier alpha value is -1.73. The van der Waals surface area contributed by atoms with Crippen LogP contribution in [-0.2, 0) is 6.54 Å². The number of pyridine rings is 1. The topological polar surface area (TPSA) is 81.0 Å². The molecule has 0 spiro atoms. The number of anilines is 1. The van der Waals surface area contributed by atoms with Crippen LogP contribution < -0.4 is 5.32 Å². The predicted octanol–water partition coefficient (Wildman–Crippen LogP) is 3.02. The van der Waals surface area contributed by atoms with Crippen LogP contribution in [0.4, 0.5) is 11.5 Å². The fourth-order valence-corrected chi connectivity index (χ4v) is 2.25. The van der Waals surface area contributed by atoms with Crippen molar-refractivity contribution in [1.29, 1.82) is 0 Å². The summed E-state index contributed by atoms with van der Waals surface area (Å²) in [6.07, 6.45) is 1.73. The number of aromatic nitrogens is 2. The molecule has 2 rings (SSSR count). The van der Waals surface area contributed by atoms with Crippen molar-refractivity contribution in [2.75, 3.05) is 5.32 Å². The van der Waals surface area contributed by atoms with Gasteiger partial charge in [0.05, 0.1) is 16.5 Å². The van der Waals surface area contributed by atoms with Crippen molar-refractivity contribution in [3.8, 4) is 0 Å². The number of nitrogens with one attached hydrogen (secondary N) is 1.